The number of hydrogen-bond donors (Lipinski definition) is 0. The van der Waals surface area contributed by atoms with Gasteiger partial charge >= 0.3 is 0 Å². The van der Waals surface area contributed by atoms with Crippen molar-refractivity contribution < 1.29 is 9.21 Å². The third kappa shape index (κ3) is 3.32. The van der Waals surface area contributed by atoms with E-state index in [0.29, 0.717) is 18.8 Å². The first kappa shape index (κ1) is 15.8. The Hall–Kier alpha value is -2.08. The molecule has 1 aliphatic heterocycles. The Labute approximate surface area is 136 Å². The van der Waals surface area contributed by atoms with Crippen molar-refractivity contribution in [3.8, 4) is 0 Å². The van der Waals surface area contributed by atoms with Crippen LogP contribution in [0.25, 0.3) is 0 Å². The number of rotatable bonds is 6. The summed E-state index contributed by atoms with van der Waals surface area (Å²) in [5, 5.41) is 4.46. The molecule has 0 N–H and O–H groups in total. The van der Waals surface area contributed by atoms with E-state index in [1.165, 1.54) is 0 Å². The van der Waals surface area contributed by atoms with Gasteiger partial charge in [0, 0.05) is 19.3 Å². The van der Waals surface area contributed by atoms with E-state index in [2.05, 4.69) is 28.5 Å². The number of aromatic nitrogens is 2. The average molecular weight is 316 g/mol. The minimum atomic E-state index is -0.0460. The predicted molar refractivity (Wildman–Crippen MR) is 87.1 cm³/mol. The zero-order valence-electron chi connectivity index (χ0n) is 13.8. The van der Waals surface area contributed by atoms with Gasteiger partial charge < -0.3 is 14.2 Å². The van der Waals surface area contributed by atoms with Crippen LogP contribution in [0.1, 0.15) is 42.6 Å². The van der Waals surface area contributed by atoms with Crippen LogP contribution in [-0.4, -0.2) is 51.7 Å². The van der Waals surface area contributed by atoms with E-state index in [0.717, 1.165) is 31.7 Å². The maximum absolute atomic E-state index is 12.6. The van der Waals surface area contributed by atoms with Gasteiger partial charge in [0.05, 0.1) is 24.5 Å². The summed E-state index contributed by atoms with van der Waals surface area (Å²) in [6, 6.07) is 5.68. The number of furan rings is 1. The Morgan fingerprint density at radius 1 is 1.39 bits per heavy atom. The first-order valence-corrected chi connectivity index (χ1v) is 8.30. The number of amides is 1. The van der Waals surface area contributed by atoms with Crippen molar-refractivity contribution in [2.75, 3.05) is 26.2 Å². The minimum Gasteiger partial charge on any atom is -0.459 e. The Balaban J connectivity index is 1.73. The van der Waals surface area contributed by atoms with Crippen LogP contribution in [0.15, 0.2) is 35.1 Å². The fourth-order valence-electron chi connectivity index (χ4n) is 3.18. The second kappa shape index (κ2) is 7.00. The largest absolute Gasteiger partial charge is 0.459 e. The fraction of sp³-hybridized carbons (Fsp3) is 0.529. The molecule has 0 unspecified atom stereocenters. The van der Waals surface area contributed by atoms with Crippen LogP contribution in [-0.2, 0) is 6.54 Å². The van der Waals surface area contributed by atoms with Gasteiger partial charge in [-0.1, -0.05) is 13.8 Å². The van der Waals surface area contributed by atoms with Crippen LogP contribution in [0.2, 0.25) is 0 Å². The topological polar surface area (TPSA) is 54.5 Å². The Kier molecular flexibility index (Phi) is 4.81. The highest BCUT2D eigenvalue weighted by Gasteiger charge is 2.30. The Morgan fingerprint density at radius 3 is 2.91 bits per heavy atom. The normalized spacial score (nSPS) is 17.5. The first-order chi connectivity index (χ1) is 11.2. The van der Waals surface area contributed by atoms with Crippen LogP contribution in [0.3, 0.4) is 0 Å². The maximum Gasteiger partial charge on any atom is 0.289 e. The molecule has 0 saturated carbocycles. The lowest BCUT2D eigenvalue weighted by Gasteiger charge is -2.34. The molecule has 2 aromatic heterocycles. The van der Waals surface area contributed by atoms with E-state index >= 15 is 0 Å². The van der Waals surface area contributed by atoms with Gasteiger partial charge in [0.1, 0.15) is 0 Å². The molecule has 1 aliphatic rings. The molecule has 6 nitrogen and oxygen atoms in total. The van der Waals surface area contributed by atoms with E-state index in [-0.39, 0.29) is 11.9 Å². The van der Waals surface area contributed by atoms with E-state index in [1.54, 1.807) is 18.4 Å². The van der Waals surface area contributed by atoms with Crippen molar-refractivity contribution in [2.45, 2.75) is 32.9 Å². The van der Waals surface area contributed by atoms with Gasteiger partial charge in [-0.15, -0.1) is 0 Å². The summed E-state index contributed by atoms with van der Waals surface area (Å²) in [6.07, 6.45) is 4.35. The molecule has 0 saturated heterocycles. The van der Waals surface area contributed by atoms with Crippen LogP contribution >= 0.6 is 0 Å². The summed E-state index contributed by atoms with van der Waals surface area (Å²) in [4.78, 5) is 16.8. The second-order valence-electron chi connectivity index (χ2n) is 5.90. The minimum absolute atomic E-state index is 0.0460. The first-order valence-electron chi connectivity index (χ1n) is 8.30. The van der Waals surface area contributed by atoms with Gasteiger partial charge in [0.15, 0.2) is 5.76 Å². The molecule has 0 aromatic carbocycles. The highest BCUT2D eigenvalue weighted by Crippen LogP contribution is 2.24. The summed E-state index contributed by atoms with van der Waals surface area (Å²) in [6.45, 7) is 8.72. The van der Waals surface area contributed by atoms with E-state index in [4.69, 9.17) is 4.42 Å². The third-order valence-corrected chi connectivity index (χ3v) is 4.57. The lowest BCUT2D eigenvalue weighted by molar-refractivity contribution is 0.0625. The highest BCUT2D eigenvalue weighted by atomic mass is 16.3. The smallest absolute Gasteiger partial charge is 0.289 e. The molecule has 0 fully saturated rings. The lowest BCUT2D eigenvalue weighted by Crippen LogP contribution is -2.42. The standard InChI is InChI=1S/C17H24N4O2/c1-3-19(4-2)10-8-15-13-20(12-14-7-9-18-21(14)15)17(22)16-6-5-11-23-16/h5-7,9,11,15H,3-4,8,10,12-13H2,1-2H3/t15-/m0/s1. The maximum atomic E-state index is 12.6. The molecule has 23 heavy (non-hydrogen) atoms. The van der Waals surface area contributed by atoms with Crippen molar-refractivity contribution in [1.29, 1.82) is 0 Å². The van der Waals surface area contributed by atoms with Crippen molar-refractivity contribution in [3.05, 3.63) is 42.1 Å². The zero-order chi connectivity index (χ0) is 16.2. The van der Waals surface area contributed by atoms with Crippen LogP contribution < -0.4 is 0 Å². The molecule has 0 aliphatic carbocycles. The molecule has 1 amide bonds. The zero-order valence-corrected chi connectivity index (χ0v) is 13.8. The van der Waals surface area contributed by atoms with Gasteiger partial charge in [0.25, 0.3) is 5.91 Å². The second-order valence-corrected chi connectivity index (χ2v) is 5.90. The molecule has 6 heteroatoms. The molecule has 124 valence electrons. The van der Waals surface area contributed by atoms with Crippen molar-refractivity contribution in [3.63, 3.8) is 0 Å². The van der Waals surface area contributed by atoms with E-state index < -0.39 is 0 Å². The quantitative estimate of drug-likeness (QED) is 0.821. The Bertz CT molecular complexity index is 631. The van der Waals surface area contributed by atoms with Gasteiger partial charge in [0.2, 0.25) is 0 Å². The molecular weight excluding hydrogens is 292 g/mol. The van der Waals surface area contributed by atoms with Crippen LogP contribution in [0, 0.1) is 0 Å². The molecule has 0 spiro atoms. The fourth-order valence-corrected chi connectivity index (χ4v) is 3.18. The number of nitrogens with zero attached hydrogens (tertiary/aromatic N) is 4. The van der Waals surface area contributed by atoms with Crippen LogP contribution in [0.5, 0.6) is 0 Å². The predicted octanol–water partition coefficient (Wildman–Crippen LogP) is 2.41. The highest BCUT2D eigenvalue weighted by molar-refractivity contribution is 5.91. The van der Waals surface area contributed by atoms with E-state index in [9.17, 15) is 4.79 Å². The van der Waals surface area contributed by atoms with Gasteiger partial charge in [-0.25, -0.2) is 0 Å². The van der Waals surface area contributed by atoms with Crippen molar-refractivity contribution in [1.82, 2.24) is 19.6 Å². The SMILES string of the molecule is CCN(CC)CC[C@H]1CN(C(=O)c2ccco2)Cc2ccnn21. The van der Waals surface area contributed by atoms with Crippen LogP contribution in [0.4, 0.5) is 0 Å². The summed E-state index contributed by atoms with van der Waals surface area (Å²) < 4.78 is 7.34. The molecule has 0 radical (unpaired) electrons. The summed E-state index contributed by atoms with van der Waals surface area (Å²) in [7, 11) is 0. The van der Waals surface area contributed by atoms with Gasteiger partial charge in [-0.2, -0.15) is 5.10 Å². The summed E-state index contributed by atoms with van der Waals surface area (Å²) in [5.74, 6) is 0.357. The number of fused-ring (bicyclic) bond motifs is 1. The summed E-state index contributed by atoms with van der Waals surface area (Å²) >= 11 is 0. The summed E-state index contributed by atoms with van der Waals surface area (Å²) in [5.41, 5.74) is 1.08. The molecule has 2 aromatic rings. The molecule has 1 atom stereocenters. The molecule has 0 bridgehead atoms. The number of hydrogen-bond acceptors (Lipinski definition) is 4. The Morgan fingerprint density at radius 2 is 2.22 bits per heavy atom. The van der Waals surface area contributed by atoms with Gasteiger partial charge in [-0.3, -0.25) is 9.48 Å². The third-order valence-electron chi connectivity index (χ3n) is 4.57. The molecule has 3 heterocycles. The number of carbonyl (C=O) groups is 1. The van der Waals surface area contributed by atoms with Gasteiger partial charge in [-0.05, 0) is 37.7 Å². The molecular formula is C17H24N4O2. The lowest BCUT2D eigenvalue weighted by atomic mass is 10.1. The molecule has 3 rings (SSSR count). The van der Waals surface area contributed by atoms with Crippen molar-refractivity contribution in [2.24, 2.45) is 0 Å². The average Bonchev–Trinajstić information content (AvgIpc) is 3.26. The number of carbonyl (C=O) groups excluding carboxylic acids is 1. The monoisotopic (exact) mass is 316 g/mol. The van der Waals surface area contributed by atoms with Crippen molar-refractivity contribution >= 4 is 5.91 Å². The van der Waals surface area contributed by atoms with E-state index in [1.807, 2.05) is 17.2 Å².